The maximum Gasteiger partial charge on any atom is 0.228 e. The molecule has 0 radical (unpaired) electrons. The van der Waals surface area contributed by atoms with Gasteiger partial charge in [-0.25, -0.2) is 0 Å². The summed E-state index contributed by atoms with van der Waals surface area (Å²) in [4.78, 5) is 65.3. The Morgan fingerprint density at radius 1 is 0.345 bits per heavy atom. The molecule has 8 unspecified atom stereocenters. The van der Waals surface area contributed by atoms with E-state index in [1.54, 1.807) is 0 Å². The fourth-order valence-electron chi connectivity index (χ4n) is 34.9. The summed E-state index contributed by atoms with van der Waals surface area (Å²) in [7, 11) is 0. The molecule has 3 amide bonds. The van der Waals surface area contributed by atoms with E-state index in [1.807, 2.05) is 0 Å². The molecule has 4 aromatic carbocycles. The van der Waals surface area contributed by atoms with Gasteiger partial charge in [-0.1, -0.05) is 149 Å². The Hall–Kier alpha value is -5.20. The standard InChI is InChI=1S/C26H35NO.C25H34N2O.2C24H32N2O/c1-23-13-20-14-25(17-23,21-5-3-2-4-6-21)19-26(15-20,18-23)22(28)16-24-7-10-27(11-8-24)12-9-24;1-22-11-19-12-24(14-22,20-5-3-2-4-6-20)16-25(13-19,15-22)21(28)27-17-23(18-27)7-9-26-10-8-23;1-22-7-17-8-23(14-22,20-5-3-2-4-6-20)16-24(9-17,15-22)21(27)26-12-18-10-25-11-19(18)13-26;1-21-9-18-10-23(12-21,19-5-3-2-4-6-19)14-24(11-18,13-21)20(27)26-8-7-22(17-26)15-25-16-22/h2-6,20H,7-19H2,1H3;2-6,19,26H,7-18H2,1H3;2-6,17-19,25H,7-16H2,1H3;2-6,18,25H,7-17H2,1H3/t20?,23-,25-,26?;19?,22-,24-,25?;17?,18-,19+,22-,23-,24?;18?,21-,23-,24?/m1111/s1. The van der Waals surface area contributed by atoms with Gasteiger partial charge < -0.3 is 35.6 Å². The van der Waals surface area contributed by atoms with Crippen molar-refractivity contribution in [1.82, 2.24) is 35.6 Å². The van der Waals surface area contributed by atoms with Crippen molar-refractivity contribution in [2.24, 2.45) is 95.1 Å². The molecule has 11 nitrogen and oxygen atoms in total. The van der Waals surface area contributed by atoms with E-state index in [2.05, 4.69) is 185 Å². The number of piperidine rings is 4. The molecule has 25 aliphatic rings. The highest BCUT2D eigenvalue weighted by molar-refractivity contribution is 5.87. The van der Waals surface area contributed by atoms with E-state index < -0.39 is 0 Å². The number of carbonyl (C=O) groups is 4. The van der Waals surface area contributed by atoms with Gasteiger partial charge in [-0.15, -0.1) is 0 Å². The lowest BCUT2D eigenvalue weighted by atomic mass is 9.37. The first kappa shape index (κ1) is 72.5. The van der Waals surface area contributed by atoms with Crippen molar-refractivity contribution in [3.05, 3.63) is 144 Å². The number of benzene rings is 4. The molecule has 9 saturated heterocycles. The van der Waals surface area contributed by atoms with E-state index in [0.29, 0.717) is 73.2 Å². The highest BCUT2D eigenvalue weighted by atomic mass is 16.2. The Kier molecular flexibility index (Phi) is 16.7. The summed E-state index contributed by atoms with van der Waals surface area (Å²) in [5.74, 6) is 6.58. The molecule has 3 N–H and O–H groups in total. The molecule has 4 aromatic rings. The van der Waals surface area contributed by atoms with Gasteiger partial charge in [0.2, 0.25) is 17.7 Å². The van der Waals surface area contributed by atoms with Crippen LogP contribution in [0.4, 0.5) is 0 Å². The average Bonchev–Trinajstić information content (AvgIpc) is 0.875. The number of ketones is 1. The molecule has 16 aliphatic carbocycles. The molecule has 29 rings (SSSR count). The van der Waals surface area contributed by atoms with Crippen LogP contribution in [0.15, 0.2) is 121 Å². The quantitative estimate of drug-likeness (QED) is 0.144. The van der Waals surface area contributed by atoms with Gasteiger partial charge in [0, 0.05) is 88.1 Å². The number of Topliss-reactive ketones (excluding diaryl/α,β-unsaturated/α-hetero) is 1. The fraction of sp³-hybridized carbons (Fsp3) is 0.717. The minimum absolute atomic E-state index is 0.0205. The van der Waals surface area contributed by atoms with E-state index in [9.17, 15) is 19.2 Å². The summed E-state index contributed by atoms with van der Waals surface area (Å²) in [6, 6.07) is 44.8. The molecule has 9 heterocycles. The summed E-state index contributed by atoms with van der Waals surface area (Å²) >= 11 is 0. The van der Waals surface area contributed by atoms with Gasteiger partial charge in [0.15, 0.2) is 0 Å². The first-order chi connectivity index (χ1) is 52.8. The molecular weight excluding hydrogens is 1350 g/mol. The lowest BCUT2D eigenvalue weighted by Gasteiger charge is -2.67. The Morgan fingerprint density at radius 2 is 0.700 bits per heavy atom. The Labute approximate surface area is 659 Å². The number of rotatable bonds is 10. The van der Waals surface area contributed by atoms with E-state index in [1.165, 1.54) is 170 Å². The molecule has 588 valence electrons. The van der Waals surface area contributed by atoms with E-state index in [-0.39, 0.29) is 43.3 Å². The van der Waals surface area contributed by atoms with Gasteiger partial charge in [0.25, 0.3) is 0 Å². The highest BCUT2D eigenvalue weighted by Crippen LogP contribution is 2.75. The third-order valence-electron chi connectivity index (χ3n) is 36.7. The van der Waals surface area contributed by atoms with Crippen LogP contribution in [-0.4, -0.2) is 141 Å². The third kappa shape index (κ3) is 11.9. The number of fused-ring (bicyclic) bond motifs is 4. The number of hydrogen-bond acceptors (Lipinski definition) is 8. The molecule has 25 fully saturated rings. The number of hydrogen-bond donors (Lipinski definition) is 3. The first-order valence-corrected chi connectivity index (χ1v) is 45.3. The Morgan fingerprint density at radius 3 is 1.07 bits per heavy atom. The monoisotopic (exact) mass is 1480 g/mol. The predicted molar refractivity (Wildman–Crippen MR) is 436 cm³/mol. The maximum atomic E-state index is 14.0. The molecule has 2 spiro atoms. The van der Waals surface area contributed by atoms with Crippen LogP contribution in [0.25, 0.3) is 0 Å². The predicted octanol–water partition coefficient (Wildman–Crippen LogP) is 16.8. The number of nitrogens with one attached hydrogen (secondary N) is 3. The van der Waals surface area contributed by atoms with Crippen LogP contribution in [-0.2, 0) is 40.8 Å². The van der Waals surface area contributed by atoms with Gasteiger partial charge >= 0.3 is 0 Å². The fourth-order valence-corrected chi connectivity index (χ4v) is 34.9. The van der Waals surface area contributed by atoms with Crippen LogP contribution in [0.3, 0.4) is 0 Å². The van der Waals surface area contributed by atoms with Gasteiger partial charge in [-0.2, -0.15) is 0 Å². The van der Waals surface area contributed by atoms with Crippen molar-refractivity contribution in [2.75, 3.05) is 98.2 Å². The Bertz CT molecular complexity index is 4090. The normalized spacial score (nSPS) is 45.8. The molecule has 16 saturated carbocycles. The van der Waals surface area contributed by atoms with Gasteiger partial charge in [-0.05, 0) is 332 Å². The second-order valence-electron chi connectivity index (χ2n) is 46.1. The second kappa shape index (κ2) is 25.4. The zero-order valence-corrected chi connectivity index (χ0v) is 68.0. The van der Waals surface area contributed by atoms with Crippen LogP contribution in [0.2, 0.25) is 0 Å². The van der Waals surface area contributed by atoms with Crippen molar-refractivity contribution in [2.45, 2.75) is 248 Å². The maximum absolute atomic E-state index is 14.0. The largest absolute Gasteiger partial charge is 0.342 e. The zero-order valence-electron chi connectivity index (χ0n) is 68.0. The molecular formula is C99H133N7O4. The number of nitrogens with zero attached hydrogens (tertiary/aromatic N) is 4. The van der Waals surface area contributed by atoms with E-state index in [0.717, 1.165) is 173 Å². The van der Waals surface area contributed by atoms with Crippen LogP contribution in [0.1, 0.15) is 249 Å². The topological polar surface area (TPSA) is 117 Å². The van der Waals surface area contributed by atoms with Crippen molar-refractivity contribution in [3.63, 3.8) is 0 Å². The second-order valence-corrected chi connectivity index (χ2v) is 46.1. The van der Waals surface area contributed by atoms with Gasteiger partial charge in [-0.3, -0.25) is 19.2 Å². The number of amides is 3. The summed E-state index contributed by atoms with van der Waals surface area (Å²) in [6.45, 7) is 26.4. The first-order valence-electron chi connectivity index (χ1n) is 45.3. The minimum atomic E-state index is -0.0906. The average molecular weight is 1490 g/mol. The van der Waals surface area contributed by atoms with E-state index >= 15 is 0 Å². The van der Waals surface area contributed by atoms with Gasteiger partial charge in [0.05, 0.1) is 16.2 Å². The third-order valence-corrected chi connectivity index (χ3v) is 36.7. The van der Waals surface area contributed by atoms with Crippen LogP contribution in [0, 0.1) is 95.1 Å². The van der Waals surface area contributed by atoms with Crippen molar-refractivity contribution < 1.29 is 19.2 Å². The van der Waals surface area contributed by atoms with Gasteiger partial charge in [0.1, 0.15) is 5.78 Å². The van der Waals surface area contributed by atoms with Crippen LogP contribution >= 0.6 is 0 Å². The summed E-state index contributed by atoms with van der Waals surface area (Å²) in [5, 5.41) is 10.4. The molecule has 0 aromatic heterocycles. The molecule has 110 heavy (non-hydrogen) atoms. The SMILES string of the molecule is C[C@]12CC3CC(C(=O)CC45CCN(CC4)CC5)(C1)C[C@@](c1ccccc1)(C3)C2.C[C@]12CC3CC(C(=O)N4CC5(CCNCC5)C4)(C1)C[C@@](c1ccccc1)(C3)C2.C[C@]12CC3CC(C(=O)N4CCC5(CNC5)C4)(C1)C[C@@](c1ccccc1)(C3)C2.C[C@]12CC3CC(C(=O)N4C[C@H]5CNC[C@H]5C4)(C1)C[C@@](c1ccccc1)(C3)C2. The van der Waals surface area contributed by atoms with Crippen molar-refractivity contribution in [3.8, 4) is 0 Å². The zero-order chi connectivity index (χ0) is 74.7. The molecule has 18 bridgehead atoms. The van der Waals surface area contributed by atoms with Crippen molar-refractivity contribution >= 4 is 23.5 Å². The molecule has 18 atom stereocenters. The highest BCUT2D eigenvalue weighted by Gasteiger charge is 2.71. The number of carbonyl (C=O) groups excluding carboxylic acids is 4. The summed E-state index contributed by atoms with van der Waals surface area (Å²) in [6.07, 6.45) is 37.8. The minimum Gasteiger partial charge on any atom is -0.342 e. The number of likely N-dealkylation sites (tertiary alicyclic amines) is 3. The lowest BCUT2D eigenvalue weighted by molar-refractivity contribution is -0.182. The molecule has 11 heteroatoms. The lowest BCUT2D eigenvalue weighted by Crippen LogP contribution is -2.68. The van der Waals surface area contributed by atoms with Crippen LogP contribution in [0.5, 0.6) is 0 Å². The van der Waals surface area contributed by atoms with E-state index in [4.69, 9.17) is 0 Å². The Balaban J connectivity index is 0.0000000931. The summed E-state index contributed by atoms with van der Waals surface area (Å²) in [5.41, 5.74) is 9.31. The van der Waals surface area contributed by atoms with Crippen molar-refractivity contribution in [1.29, 1.82) is 0 Å². The smallest absolute Gasteiger partial charge is 0.228 e. The van der Waals surface area contributed by atoms with Crippen LogP contribution < -0.4 is 16.0 Å². The summed E-state index contributed by atoms with van der Waals surface area (Å²) < 4.78 is 0. The molecule has 9 aliphatic heterocycles.